The van der Waals surface area contributed by atoms with Crippen LogP contribution < -0.4 is 15.0 Å². The van der Waals surface area contributed by atoms with Gasteiger partial charge in [0.15, 0.2) is 0 Å². The van der Waals surface area contributed by atoms with Crippen molar-refractivity contribution in [1.82, 2.24) is 5.32 Å². The first kappa shape index (κ1) is 18.5. The number of amides is 2. The van der Waals surface area contributed by atoms with Gasteiger partial charge in [-0.1, -0.05) is 29.8 Å². The molecule has 1 N–H and O–H groups in total. The lowest BCUT2D eigenvalue weighted by Gasteiger charge is -2.21. The molecule has 25 heavy (non-hydrogen) atoms. The lowest BCUT2D eigenvalue weighted by Crippen LogP contribution is -2.40. The molecule has 0 fully saturated rings. The van der Waals surface area contributed by atoms with Crippen LogP contribution in [0.5, 0.6) is 5.75 Å². The molecule has 0 unspecified atom stereocenters. The number of benzene rings is 2. The minimum atomic E-state index is -0.177. The van der Waals surface area contributed by atoms with Crippen LogP contribution >= 0.6 is 0 Å². The van der Waals surface area contributed by atoms with Crippen molar-refractivity contribution in [2.24, 2.45) is 0 Å². The van der Waals surface area contributed by atoms with Crippen molar-refractivity contribution >= 4 is 17.5 Å². The Morgan fingerprint density at radius 3 is 2.24 bits per heavy atom. The van der Waals surface area contributed by atoms with Crippen molar-refractivity contribution in [1.29, 1.82) is 0 Å². The molecule has 2 rings (SSSR count). The summed E-state index contributed by atoms with van der Waals surface area (Å²) in [5.74, 6) is 0.474. The van der Waals surface area contributed by atoms with Gasteiger partial charge in [-0.3, -0.25) is 9.59 Å². The van der Waals surface area contributed by atoms with Gasteiger partial charge in [-0.25, -0.2) is 0 Å². The third kappa shape index (κ3) is 5.64. The zero-order valence-corrected chi connectivity index (χ0v) is 14.9. The van der Waals surface area contributed by atoms with E-state index in [1.54, 1.807) is 7.11 Å². The minimum absolute atomic E-state index is 0.0149. The van der Waals surface area contributed by atoms with Crippen LogP contribution in [0.15, 0.2) is 48.5 Å². The number of hydrogen-bond acceptors (Lipinski definition) is 3. The maximum atomic E-state index is 12.2. The summed E-state index contributed by atoms with van der Waals surface area (Å²) in [5, 5.41) is 2.86. The highest BCUT2D eigenvalue weighted by molar-refractivity contribution is 5.97. The van der Waals surface area contributed by atoms with E-state index in [0.29, 0.717) is 6.54 Å². The van der Waals surface area contributed by atoms with Gasteiger partial charge in [-0.2, -0.15) is 0 Å². The maximum absolute atomic E-state index is 12.2. The summed E-state index contributed by atoms with van der Waals surface area (Å²) in [4.78, 5) is 25.5. The Balaban J connectivity index is 1.86. The van der Waals surface area contributed by atoms with Crippen molar-refractivity contribution in [2.45, 2.75) is 20.3 Å². The molecule has 2 amide bonds. The third-order valence-electron chi connectivity index (χ3n) is 3.92. The van der Waals surface area contributed by atoms with Gasteiger partial charge in [0.2, 0.25) is 11.8 Å². The van der Waals surface area contributed by atoms with E-state index >= 15 is 0 Å². The highest BCUT2D eigenvalue weighted by Crippen LogP contribution is 2.15. The third-order valence-corrected chi connectivity index (χ3v) is 3.92. The highest BCUT2D eigenvalue weighted by atomic mass is 16.5. The maximum Gasteiger partial charge on any atom is 0.240 e. The monoisotopic (exact) mass is 340 g/mol. The quantitative estimate of drug-likeness (QED) is 0.843. The summed E-state index contributed by atoms with van der Waals surface area (Å²) >= 11 is 0. The smallest absolute Gasteiger partial charge is 0.240 e. The van der Waals surface area contributed by atoms with Gasteiger partial charge in [-0.15, -0.1) is 0 Å². The van der Waals surface area contributed by atoms with E-state index in [4.69, 9.17) is 4.74 Å². The molecule has 0 saturated carbocycles. The number of ether oxygens (including phenoxy) is 1. The summed E-state index contributed by atoms with van der Waals surface area (Å²) in [7, 11) is 1.63. The van der Waals surface area contributed by atoms with E-state index in [9.17, 15) is 9.59 Å². The molecular formula is C20H24N2O3. The molecule has 132 valence electrons. The number of aryl methyl sites for hydroxylation is 1. The molecule has 5 heteroatoms. The van der Waals surface area contributed by atoms with Crippen LogP contribution in [0.1, 0.15) is 18.1 Å². The Bertz CT molecular complexity index is 709. The summed E-state index contributed by atoms with van der Waals surface area (Å²) in [6.07, 6.45) is 0.723. The Labute approximate surface area is 148 Å². The zero-order chi connectivity index (χ0) is 18.2. The van der Waals surface area contributed by atoms with Crippen LogP contribution in [0.2, 0.25) is 0 Å². The molecule has 0 heterocycles. The van der Waals surface area contributed by atoms with Crippen molar-refractivity contribution in [3.8, 4) is 5.75 Å². The van der Waals surface area contributed by atoms with Crippen LogP contribution in [0.25, 0.3) is 0 Å². The highest BCUT2D eigenvalue weighted by Gasteiger charge is 2.15. The van der Waals surface area contributed by atoms with Gasteiger partial charge in [0, 0.05) is 19.2 Å². The van der Waals surface area contributed by atoms with Crippen LogP contribution in [0, 0.1) is 6.92 Å². The van der Waals surface area contributed by atoms with E-state index in [0.717, 1.165) is 29.0 Å². The molecule has 0 atom stereocenters. The topological polar surface area (TPSA) is 58.6 Å². The summed E-state index contributed by atoms with van der Waals surface area (Å²) < 4.78 is 5.12. The average Bonchev–Trinajstić information content (AvgIpc) is 2.61. The SMILES string of the molecule is COc1ccc(CCNC(=O)CN(C(C)=O)c2ccc(C)cc2)cc1. The molecule has 2 aromatic carbocycles. The van der Waals surface area contributed by atoms with E-state index in [-0.39, 0.29) is 18.4 Å². The van der Waals surface area contributed by atoms with Gasteiger partial charge in [0.25, 0.3) is 0 Å². The van der Waals surface area contributed by atoms with E-state index < -0.39 is 0 Å². The molecule has 2 aromatic rings. The van der Waals surface area contributed by atoms with Crippen LogP contribution in [-0.2, 0) is 16.0 Å². The first-order chi connectivity index (χ1) is 12.0. The van der Waals surface area contributed by atoms with Crippen molar-refractivity contribution in [3.63, 3.8) is 0 Å². The summed E-state index contributed by atoms with van der Waals surface area (Å²) in [6.45, 7) is 3.98. The predicted octanol–water partition coefficient (Wildman–Crippen LogP) is 2.72. The fourth-order valence-electron chi connectivity index (χ4n) is 2.45. The molecule has 0 aromatic heterocycles. The lowest BCUT2D eigenvalue weighted by atomic mass is 10.1. The number of carbonyl (C=O) groups excluding carboxylic acids is 2. The molecule has 0 aliphatic carbocycles. The molecular weight excluding hydrogens is 316 g/mol. The molecule has 5 nitrogen and oxygen atoms in total. The van der Waals surface area contributed by atoms with Crippen LogP contribution in [0.4, 0.5) is 5.69 Å². The van der Waals surface area contributed by atoms with Gasteiger partial charge < -0.3 is 15.0 Å². The summed E-state index contributed by atoms with van der Waals surface area (Å²) in [5.41, 5.74) is 2.95. The fraction of sp³-hybridized carbons (Fsp3) is 0.300. The molecule has 0 aliphatic rings. The van der Waals surface area contributed by atoms with Crippen molar-refractivity contribution in [2.75, 3.05) is 25.1 Å². The minimum Gasteiger partial charge on any atom is -0.497 e. The number of anilines is 1. The lowest BCUT2D eigenvalue weighted by molar-refractivity contribution is -0.123. The number of rotatable bonds is 7. The first-order valence-corrected chi connectivity index (χ1v) is 8.24. The second-order valence-corrected chi connectivity index (χ2v) is 5.89. The van der Waals surface area contributed by atoms with Gasteiger partial charge in [-0.05, 0) is 43.2 Å². The van der Waals surface area contributed by atoms with Crippen LogP contribution in [0.3, 0.4) is 0 Å². The molecule has 0 spiro atoms. The number of methoxy groups -OCH3 is 1. The second-order valence-electron chi connectivity index (χ2n) is 5.89. The molecule has 0 saturated heterocycles. The van der Waals surface area contributed by atoms with E-state index in [2.05, 4.69) is 5.32 Å². The molecule has 0 bridgehead atoms. The van der Waals surface area contributed by atoms with E-state index in [1.807, 2.05) is 55.5 Å². The Morgan fingerprint density at radius 1 is 1.04 bits per heavy atom. The second kappa shape index (κ2) is 8.87. The number of hydrogen-bond donors (Lipinski definition) is 1. The fourth-order valence-corrected chi connectivity index (χ4v) is 2.45. The largest absolute Gasteiger partial charge is 0.497 e. The van der Waals surface area contributed by atoms with Gasteiger partial charge in [0.1, 0.15) is 12.3 Å². The first-order valence-electron chi connectivity index (χ1n) is 8.24. The Morgan fingerprint density at radius 2 is 1.68 bits per heavy atom. The van der Waals surface area contributed by atoms with Crippen molar-refractivity contribution in [3.05, 3.63) is 59.7 Å². The van der Waals surface area contributed by atoms with E-state index in [1.165, 1.54) is 11.8 Å². The zero-order valence-electron chi connectivity index (χ0n) is 14.9. The molecule has 0 radical (unpaired) electrons. The Kier molecular flexibility index (Phi) is 6.57. The normalized spacial score (nSPS) is 10.2. The summed E-state index contributed by atoms with van der Waals surface area (Å²) in [6, 6.07) is 15.3. The number of carbonyl (C=O) groups is 2. The molecule has 0 aliphatic heterocycles. The Hall–Kier alpha value is -2.82. The predicted molar refractivity (Wildman–Crippen MR) is 98.9 cm³/mol. The van der Waals surface area contributed by atoms with Gasteiger partial charge in [0.05, 0.1) is 7.11 Å². The number of nitrogens with one attached hydrogen (secondary N) is 1. The standard InChI is InChI=1S/C20H24N2O3/c1-15-4-8-18(9-5-15)22(16(2)23)14-20(24)21-13-12-17-6-10-19(25-3)11-7-17/h4-11H,12-14H2,1-3H3,(H,21,24). The van der Waals surface area contributed by atoms with Crippen LogP contribution in [-0.4, -0.2) is 32.0 Å². The van der Waals surface area contributed by atoms with Crippen molar-refractivity contribution < 1.29 is 14.3 Å². The van der Waals surface area contributed by atoms with Gasteiger partial charge >= 0.3 is 0 Å². The number of nitrogens with zero attached hydrogens (tertiary/aromatic N) is 1. The average molecular weight is 340 g/mol.